The Balaban J connectivity index is 0. The number of Topliss-reactive ketones (excluding diaryl/α,β-unsaturated/α-hetero) is 1. The molecule has 0 aromatic carbocycles. The number of carbonyl (C=O) groups is 3. The summed E-state index contributed by atoms with van der Waals surface area (Å²) in [6.07, 6.45) is -2.59. The Morgan fingerprint density at radius 3 is 1.92 bits per heavy atom. The predicted octanol–water partition coefficient (Wildman–Crippen LogP) is -1.41. The first kappa shape index (κ1) is 15.0. The number of methoxy groups -OCH3 is 2. The molecule has 0 saturated carbocycles. The zero-order chi connectivity index (χ0) is 9.72. The van der Waals surface area contributed by atoms with Crippen LogP contribution < -0.4 is 0 Å². The van der Waals surface area contributed by atoms with Crippen LogP contribution in [0.5, 0.6) is 0 Å². The van der Waals surface area contributed by atoms with Gasteiger partial charge in [-0.05, 0) is 0 Å². The monoisotopic (exact) mass is 202 g/mol. The number of hydrogen-bond acceptors (Lipinski definition) is 5. The Hall–Kier alpha value is -0.460. The third-order valence-electron chi connectivity index (χ3n) is 1.02. The number of rotatable bonds is 3. The maximum absolute atomic E-state index is 12.5. The number of ether oxygens (including phenoxy) is 2. The molecule has 0 rings (SSSR count). The van der Waals surface area contributed by atoms with Crippen molar-refractivity contribution in [3.8, 4) is 0 Å². The Bertz CT molecular complexity index is 217. The average molecular weight is 202 g/mol. The summed E-state index contributed by atoms with van der Waals surface area (Å²) >= 11 is 0. The van der Waals surface area contributed by atoms with Crippen molar-refractivity contribution in [3.05, 3.63) is 0 Å². The van der Waals surface area contributed by atoms with Gasteiger partial charge in [-0.2, -0.15) is 0 Å². The summed E-state index contributed by atoms with van der Waals surface area (Å²) in [7, 11) is 1.81. The molecule has 1 unspecified atom stereocenters. The number of hydrogen-bond donors (Lipinski definition) is 0. The summed E-state index contributed by atoms with van der Waals surface area (Å²) in [5, 5.41) is 0. The van der Waals surface area contributed by atoms with Gasteiger partial charge in [-0.1, -0.05) is 0 Å². The first-order chi connectivity index (χ1) is 5.54. The van der Waals surface area contributed by atoms with Gasteiger partial charge in [0, 0.05) is 0 Å². The normalized spacial score (nSPS) is 10.7. The molecule has 0 aliphatic carbocycles. The van der Waals surface area contributed by atoms with Crippen LogP contribution in [0.4, 0.5) is 4.39 Å². The Morgan fingerprint density at radius 1 is 1.15 bits per heavy atom. The maximum atomic E-state index is 12.5. The van der Waals surface area contributed by atoms with Crippen LogP contribution in [0.25, 0.3) is 0 Å². The molecule has 0 N–H and O–H groups in total. The van der Waals surface area contributed by atoms with Gasteiger partial charge in [-0.25, -0.2) is 14.0 Å². The summed E-state index contributed by atoms with van der Waals surface area (Å²) < 4.78 is 20.3. The van der Waals surface area contributed by atoms with Gasteiger partial charge in [0.25, 0.3) is 12.0 Å². The minimum absolute atomic E-state index is 0. The molecule has 0 aromatic heterocycles. The van der Waals surface area contributed by atoms with Crippen molar-refractivity contribution in [1.29, 1.82) is 0 Å². The molecule has 0 heterocycles. The zero-order valence-corrected chi connectivity index (χ0v) is 6.50. The number of halogens is 1. The van der Waals surface area contributed by atoms with Crippen molar-refractivity contribution >= 4 is 47.3 Å². The van der Waals surface area contributed by atoms with E-state index in [9.17, 15) is 18.8 Å². The molecule has 1 atom stereocenters. The fourth-order valence-corrected chi connectivity index (χ4v) is 0.415. The Morgan fingerprint density at radius 2 is 1.62 bits per heavy atom. The van der Waals surface area contributed by atoms with Crippen LogP contribution in [0.3, 0.4) is 0 Å². The summed E-state index contributed by atoms with van der Waals surface area (Å²) in [4.78, 5) is 31.2. The molecule has 70 valence electrons. The minimum atomic E-state index is -2.59. The van der Waals surface area contributed by atoms with Gasteiger partial charge in [0.2, 0.25) is 0 Å². The zero-order valence-electron chi connectivity index (χ0n) is 6.50. The number of ketones is 1. The molecule has 0 radical (unpaired) electrons. The molecule has 0 aliphatic heterocycles. The van der Waals surface area contributed by atoms with Crippen molar-refractivity contribution < 1.29 is 28.2 Å². The van der Waals surface area contributed by atoms with E-state index >= 15 is 0 Å². The molecule has 0 aromatic rings. The van der Waals surface area contributed by atoms with Crippen LogP contribution in [0.2, 0.25) is 0 Å². The number of carbonyl (C=O) groups excluding carboxylic acids is 3. The van der Waals surface area contributed by atoms with E-state index in [0.29, 0.717) is 0 Å². The van der Waals surface area contributed by atoms with Gasteiger partial charge in [0.15, 0.2) is 0 Å². The molecule has 0 aliphatic rings. The van der Waals surface area contributed by atoms with Crippen LogP contribution >= 0.6 is 0 Å². The van der Waals surface area contributed by atoms with E-state index in [0.717, 1.165) is 14.2 Å². The second kappa shape index (κ2) is 6.99. The van der Waals surface area contributed by atoms with E-state index in [4.69, 9.17) is 0 Å². The van der Waals surface area contributed by atoms with E-state index < -0.39 is 23.9 Å². The van der Waals surface area contributed by atoms with E-state index in [1.54, 1.807) is 0 Å². The van der Waals surface area contributed by atoms with Crippen molar-refractivity contribution in [2.45, 2.75) is 6.17 Å². The molecule has 7 heteroatoms. The molecular formula is C6H8FNaO5. The van der Waals surface area contributed by atoms with Gasteiger partial charge in [-0.15, -0.1) is 0 Å². The average Bonchev–Trinajstić information content (AvgIpc) is 2.12. The van der Waals surface area contributed by atoms with E-state index in [2.05, 4.69) is 9.47 Å². The SMILES string of the molecule is COC(=O)C(=O)C(F)C(=O)OC.[NaH]. The van der Waals surface area contributed by atoms with Gasteiger partial charge >= 0.3 is 41.5 Å². The molecule has 13 heavy (non-hydrogen) atoms. The number of esters is 2. The molecular weight excluding hydrogens is 194 g/mol. The van der Waals surface area contributed by atoms with Crippen LogP contribution in [-0.2, 0) is 23.9 Å². The van der Waals surface area contributed by atoms with Crippen LogP contribution in [0.1, 0.15) is 0 Å². The topological polar surface area (TPSA) is 69.7 Å². The molecule has 0 saturated heterocycles. The molecule has 0 bridgehead atoms. The first-order valence-corrected chi connectivity index (χ1v) is 2.88. The molecule has 0 fully saturated rings. The predicted molar refractivity (Wildman–Crippen MR) is 41.1 cm³/mol. The summed E-state index contributed by atoms with van der Waals surface area (Å²) in [5.74, 6) is -4.39. The molecule has 0 spiro atoms. The Labute approximate surface area is 95.9 Å². The second-order valence-electron chi connectivity index (χ2n) is 1.74. The van der Waals surface area contributed by atoms with Gasteiger partial charge < -0.3 is 9.47 Å². The van der Waals surface area contributed by atoms with Crippen LogP contribution in [0.15, 0.2) is 0 Å². The van der Waals surface area contributed by atoms with Crippen molar-refractivity contribution in [3.63, 3.8) is 0 Å². The van der Waals surface area contributed by atoms with Gasteiger partial charge in [0.1, 0.15) is 0 Å². The third kappa shape index (κ3) is 4.35. The van der Waals surface area contributed by atoms with Crippen molar-refractivity contribution in [1.82, 2.24) is 0 Å². The fraction of sp³-hybridized carbons (Fsp3) is 0.500. The van der Waals surface area contributed by atoms with E-state index in [1.807, 2.05) is 0 Å². The van der Waals surface area contributed by atoms with Crippen molar-refractivity contribution in [2.24, 2.45) is 0 Å². The molecule has 0 amide bonds. The second-order valence-corrected chi connectivity index (χ2v) is 1.74. The van der Waals surface area contributed by atoms with Gasteiger partial charge in [-0.3, -0.25) is 4.79 Å². The van der Waals surface area contributed by atoms with E-state index in [-0.39, 0.29) is 29.6 Å². The summed E-state index contributed by atoms with van der Waals surface area (Å²) in [5.41, 5.74) is 0. The fourth-order valence-electron chi connectivity index (χ4n) is 0.415. The standard InChI is InChI=1S/C6H7FO5.Na.H/c1-11-5(9)3(7)4(8)6(10)12-2;;/h3H,1-2H3;;. The van der Waals surface area contributed by atoms with E-state index in [1.165, 1.54) is 0 Å². The summed E-state index contributed by atoms with van der Waals surface area (Å²) in [6.45, 7) is 0. The van der Waals surface area contributed by atoms with Gasteiger partial charge in [0.05, 0.1) is 14.2 Å². The third-order valence-corrected chi connectivity index (χ3v) is 1.02. The Kier molecular flexibility index (Phi) is 8.09. The van der Waals surface area contributed by atoms with Crippen LogP contribution in [0, 0.1) is 0 Å². The number of alkyl halides is 1. The van der Waals surface area contributed by atoms with Crippen molar-refractivity contribution in [2.75, 3.05) is 14.2 Å². The molecule has 5 nitrogen and oxygen atoms in total. The van der Waals surface area contributed by atoms with Crippen LogP contribution in [-0.4, -0.2) is 67.7 Å². The summed E-state index contributed by atoms with van der Waals surface area (Å²) in [6, 6.07) is 0. The first-order valence-electron chi connectivity index (χ1n) is 2.88. The quantitative estimate of drug-likeness (QED) is 0.243.